The number of nitrogens with zero attached hydrogens (tertiary/aromatic N) is 1. The van der Waals surface area contributed by atoms with Crippen molar-refractivity contribution in [2.45, 2.75) is 6.92 Å². The quantitative estimate of drug-likeness (QED) is 0.580. The number of rotatable bonds is 9. The SMILES string of the molecule is CNC(=O)c1cc(Oc2cc(C)ccc2NC(=O)CNCCOC)ccn1. The van der Waals surface area contributed by atoms with Gasteiger partial charge in [0.2, 0.25) is 5.91 Å². The maximum Gasteiger partial charge on any atom is 0.269 e. The van der Waals surface area contributed by atoms with Crippen LogP contribution in [0.4, 0.5) is 5.69 Å². The van der Waals surface area contributed by atoms with Crippen molar-refractivity contribution in [2.75, 3.05) is 39.2 Å². The van der Waals surface area contributed by atoms with Gasteiger partial charge in [0.15, 0.2) is 5.75 Å². The van der Waals surface area contributed by atoms with E-state index in [0.29, 0.717) is 30.3 Å². The molecule has 144 valence electrons. The van der Waals surface area contributed by atoms with Crippen LogP contribution in [0.5, 0.6) is 11.5 Å². The molecule has 3 N–H and O–H groups in total. The summed E-state index contributed by atoms with van der Waals surface area (Å²) in [5, 5.41) is 8.32. The van der Waals surface area contributed by atoms with E-state index in [4.69, 9.17) is 9.47 Å². The Morgan fingerprint density at radius 3 is 2.74 bits per heavy atom. The number of amides is 2. The summed E-state index contributed by atoms with van der Waals surface area (Å²) in [6.45, 7) is 3.20. The molecule has 0 unspecified atom stereocenters. The van der Waals surface area contributed by atoms with Crippen LogP contribution in [0.15, 0.2) is 36.5 Å². The number of benzene rings is 1. The maximum atomic E-state index is 12.1. The molecule has 8 heteroatoms. The summed E-state index contributed by atoms with van der Waals surface area (Å²) >= 11 is 0. The van der Waals surface area contributed by atoms with E-state index in [9.17, 15) is 9.59 Å². The van der Waals surface area contributed by atoms with Gasteiger partial charge >= 0.3 is 0 Å². The molecule has 0 aliphatic carbocycles. The molecule has 0 fully saturated rings. The monoisotopic (exact) mass is 372 g/mol. The molecule has 0 aliphatic heterocycles. The second-order valence-corrected chi connectivity index (χ2v) is 5.78. The van der Waals surface area contributed by atoms with Crippen molar-refractivity contribution in [1.29, 1.82) is 0 Å². The van der Waals surface area contributed by atoms with E-state index in [1.165, 1.54) is 13.2 Å². The molecule has 0 atom stereocenters. The second-order valence-electron chi connectivity index (χ2n) is 5.78. The number of carbonyl (C=O) groups excluding carboxylic acids is 2. The Labute approximate surface area is 158 Å². The Balaban J connectivity index is 2.11. The number of aromatic nitrogens is 1. The number of pyridine rings is 1. The third kappa shape index (κ3) is 6.36. The molecule has 0 aliphatic rings. The highest BCUT2D eigenvalue weighted by atomic mass is 16.5. The van der Waals surface area contributed by atoms with E-state index in [0.717, 1.165) is 5.56 Å². The normalized spacial score (nSPS) is 10.3. The number of ether oxygens (including phenoxy) is 2. The van der Waals surface area contributed by atoms with E-state index in [-0.39, 0.29) is 24.1 Å². The predicted octanol–water partition coefficient (Wildman–Crippen LogP) is 1.72. The number of nitrogens with one attached hydrogen (secondary N) is 3. The van der Waals surface area contributed by atoms with Gasteiger partial charge in [0.05, 0.1) is 18.8 Å². The van der Waals surface area contributed by atoms with Gasteiger partial charge in [-0.1, -0.05) is 6.07 Å². The highest BCUT2D eigenvalue weighted by molar-refractivity contribution is 5.94. The van der Waals surface area contributed by atoms with Crippen LogP contribution in [0.1, 0.15) is 16.1 Å². The van der Waals surface area contributed by atoms with Gasteiger partial charge in [-0.3, -0.25) is 14.6 Å². The van der Waals surface area contributed by atoms with Crippen LogP contribution >= 0.6 is 0 Å². The van der Waals surface area contributed by atoms with E-state index < -0.39 is 0 Å². The molecule has 1 heterocycles. The summed E-state index contributed by atoms with van der Waals surface area (Å²) in [6.07, 6.45) is 1.49. The van der Waals surface area contributed by atoms with Crippen LogP contribution in [0.3, 0.4) is 0 Å². The van der Waals surface area contributed by atoms with Crippen molar-refractivity contribution in [2.24, 2.45) is 0 Å². The molecule has 8 nitrogen and oxygen atoms in total. The molecular formula is C19H24N4O4. The average Bonchev–Trinajstić information content (AvgIpc) is 2.67. The van der Waals surface area contributed by atoms with Crippen molar-refractivity contribution in [1.82, 2.24) is 15.6 Å². The van der Waals surface area contributed by atoms with E-state index in [1.807, 2.05) is 19.1 Å². The van der Waals surface area contributed by atoms with Gasteiger partial charge in [-0.05, 0) is 30.7 Å². The fraction of sp³-hybridized carbons (Fsp3) is 0.316. The average molecular weight is 372 g/mol. The second kappa shape index (κ2) is 10.2. The molecule has 2 aromatic rings. The molecule has 2 rings (SSSR count). The molecule has 0 radical (unpaired) electrons. The molecule has 0 bridgehead atoms. The first-order chi connectivity index (χ1) is 13.0. The smallest absolute Gasteiger partial charge is 0.269 e. The summed E-state index contributed by atoms with van der Waals surface area (Å²) in [7, 11) is 3.14. The number of hydrogen-bond donors (Lipinski definition) is 3. The first-order valence-electron chi connectivity index (χ1n) is 8.49. The van der Waals surface area contributed by atoms with Gasteiger partial charge in [-0.2, -0.15) is 0 Å². The number of methoxy groups -OCH3 is 1. The highest BCUT2D eigenvalue weighted by Gasteiger charge is 2.11. The Hall–Kier alpha value is -2.97. The molecule has 0 saturated carbocycles. The lowest BCUT2D eigenvalue weighted by Crippen LogP contribution is -2.30. The van der Waals surface area contributed by atoms with E-state index >= 15 is 0 Å². The number of hydrogen-bond acceptors (Lipinski definition) is 6. The van der Waals surface area contributed by atoms with Crippen LogP contribution < -0.4 is 20.7 Å². The zero-order chi connectivity index (χ0) is 19.6. The van der Waals surface area contributed by atoms with Gasteiger partial charge in [-0.15, -0.1) is 0 Å². The molecule has 1 aromatic heterocycles. The van der Waals surface area contributed by atoms with Gasteiger partial charge in [0.1, 0.15) is 11.4 Å². The van der Waals surface area contributed by atoms with Crippen molar-refractivity contribution in [3.8, 4) is 11.5 Å². The lowest BCUT2D eigenvalue weighted by Gasteiger charge is -2.14. The van der Waals surface area contributed by atoms with Crippen molar-refractivity contribution >= 4 is 17.5 Å². The lowest BCUT2D eigenvalue weighted by atomic mass is 10.2. The Kier molecular flexibility index (Phi) is 7.72. The third-order valence-electron chi connectivity index (χ3n) is 3.60. The number of anilines is 1. The topological polar surface area (TPSA) is 102 Å². The Morgan fingerprint density at radius 2 is 2.00 bits per heavy atom. The first-order valence-corrected chi connectivity index (χ1v) is 8.49. The lowest BCUT2D eigenvalue weighted by molar-refractivity contribution is -0.115. The highest BCUT2D eigenvalue weighted by Crippen LogP contribution is 2.30. The summed E-state index contributed by atoms with van der Waals surface area (Å²) < 4.78 is 10.8. The van der Waals surface area contributed by atoms with Crippen LogP contribution in [-0.4, -0.2) is 50.7 Å². The van der Waals surface area contributed by atoms with Crippen molar-refractivity contribution in [3.63, 3.8) is 0 Å². The molecule has 1 aromatic carbocycles. The van der Waals surface area contributed by atoms with Crippen LogP contribution in [0.2, 0.25) is 0 Å². The molecule has 0 spiro atoms. The van der Waals surface area contributed by atoms with Crippen LogP contribution in [0.25, 0.3) is 0 Å². The summed E-state index contributed by atoms with van der Waals surface area (Å²) in [4.78, 5) is 27.9. The summed E-state index contributed by atoms with van der Waals surface area (Å²) in [5.41, 5.74) is 1.76. The van der Waals surface area contributed by atoms with E-state index in [1.54, 1.807) is 25.3 Å². The third-order valence-corrected chi connectivity index (χ3v) is 3.60. The predicted molar refractivity (Wildman–Crippen MR) is 102 cm³/mol. The Bertz CT molecular complexity index is 795. The molecule has 0 saturated heterocycles. The van der Waals surface area contributed by atoms with Gasteiger partial charge in [-0.25, -0.2) is 0 Å². The van der Waals surface area contributed by atoms with Crippen molar-refractivity contribution < 1.29 is 19.1 Å². The van der Waals surface area contributed by atoms with Crippen LogP contribution in [-0.2, 0) is 9.53 Å². The maximum absolute atomic E-state index is 12.1. The Morgan fingerprint density at radius 1 is 1.19 bits per heavy atom. The van der Waals surface area contributed by atoms with Gasteiger partial charge < -0.3 is 25.4 Å². The van der Waals surface area contributed by atoms with Gasteiger partial charge in [0.25, 0.3) is 5.91 Å². The van der Waals surface area contributed by atoms with Crippen molar-refractivity contribution in [3.05, 3.63) is 47.8 Å². The number of carbonyl (C=O) groups is 2. The molecule has 27 heavy (non-hydrogen) atoms. The van der Waals surface area contributed by atoms with E-state index in [2.05, 4.69) is 20.9 Å². The molecular weight excluding hydrogens is 348 g/mol. The zero-order valence-corrected chi connectivity index (χ0v) is 15.7. The largest absolute Gasteiger partial charge is 0.455 e. The fourth-order valence-corrected chi connectivity index (χ4v) is 2.24. The fourth-order valence-electron chi connectivity index (χ4n) is 2.24. The minimum absolute atomic E-state index is 0.159. The number of aryl methyl sites for hydroxylation is 1. The summed E-state index contributed by atoms with van der Waals surface area (Å²) in [6, 6.07) is 8.65. The first kappa shape index (κ1) is 20.3. The van der Waals surface area contributed by atoms with Gasteiger partial charge in [0, 0.05) is 33.0 Å². The zero-order valence-electron chi connectivity index (χ0n) is 15.7. The molecule has 2 amide bonds. The minimum Gasteiger partial charge on any atom is -0.455 e. The minimum atomic E-state index is -0.305. The summed E-state index contributed by atoms with van der Waals surface area (Å²) in [5.74, 6) is 0.429. The van der Waals surface area contributed by atoms with Crippen LogP contribution in [0, 0.1) is 6.92 Å². The standard InChI is InChI=1S/C19H24N4O4/c1-13-4-5-15(23-18(24)12-21-8-9-26-3)17(10-13)27-14-6-7-22-16(11-14)19(25)20-2/h4-7,10-11,21H,8-9,12H2,1-3H3,(H,20,25)(H,23,24).